The summed E-state index contributed by atoms with van der Waals surface area (Å²) in [5.74, 6) is 0.362. The van der Waals surface area contributed by atoms with Gasteiger partial charge in [0.2, 0.25) is 0 Å². The number of nitrogens with one attached hydrogen (secondary N) is 1. The van der Waals surface area contributed by atoms with Gasteiger partial charge in [0, 0.05) is 23.8 Å². The SMILES string of the molecule is CC.COc1ccc2cc(NC(=O)OCCCC3CCC(=O)CC3=O)c(=O)oc2c1. The molecular formula is C22H27NO7. The zero-order valence-electron chi connectivity index (χ0n) is 17.5. The van der Waals surface area contributed by atoms with E-state index in [-0.39, 0.29) is 36.2 Å². The van der Waals surface area contributed by atoms with E-state index in [0.717, 1.165) is 0 Å². The van der Waals surface area contributed by atoms with Gasteiger partial charge in [-0.1, -0.05) is 13.8 Å². The van der Waals surface area contributed by atoms with Gasteiger partial charge in [0.25, 0.3) is 0 Å². The number of amides is 1. The van der Waals surface area contributed by atoms with Crippen LogP contribution >= 0.6 is 0 Å². The lowest BCUT2D eigenvalue weighted by Crippen LogP contribution is -2.25. The van der Waals surface area contributed by atoms with Crippen LogP contribution in [0.1, 0.15) is 46.0 Å². The second-order valence-electron chi connectivity index (χ2n) is 6.67. The lowest BCUT2D eigenvalue weighted by atomic mass is 9.84. The third-order valence-corrected chi connectivity index (χ3v) is 4.71. The quantitative estimate of drug-likeness (QED) is 0.428. The third-order valence-electron chi connectivity index (χ3n) is 4.71. The summed E-state index contributed by atoms with van der Waals surface area (Å²) in [7, 11) is 1.51. The molecule has 2 aromatic rings. The monoisotopic (exact) mass is 417 g/mol. The van der Waals surface area contributed by atoms with Gasteiger partial charge in [-0.25, -0.2) is 9.59 Å². The van der Waals surface area contributed by atoms with E-state index in [4.69, 9.17) is 13.9 Å². The van der Waals surface area contributed by atoms with E-state index in [1.807, 2.05) is 13.8 Å². The Morgan fingerprint density at radius 3 is 2.67 bits per heavy atom. The Labute approximate surface area is 174 Å². The molecule has 1 aromatic heterocycles. The number of ether oxygens (including phenoxy) is 2. The Bertz CT molecular complexity index is 964. The highest BCUT2D eigenvalue weighted by atomic mass is 16.5. The Kier molecular flexibility index (Phi) is 8.58. The number of hydrogen-bond acceptors (Lipinski definition) is 7. The van der Waals surface area contributed by atoms with Crippen molar-refractivity contribution in [3.05, 3.63) is 34.7 Å². The second kappa shape index (κ2) is 11.1. The fourth-order valence-corrected chi connectivity index (χ4v) is 3.17. The number of carbonyl (C=O) groups excluding carboxylic acids is 3. The summed E-state index contributed by atoms with van der Waals surface area (Å²) in [6, 6.07) is 6.50. The molecule has 1 heterocycles. The van der Waals surface area contributed by atoms with Crippen molar-refractivity contribution in [1.29, 1.82) is 0 Å². The number of Topliss-reactive ketones (excluding diaryl/α,β-unsaturated/α-hetero) is 2. The number of carbonyl (C=O) groups is 3. The molecule has 3 rings (SSSR count). The molecule has 0 aliphatic heterocycles. The maximum atomic E-state index is 12.0. The molecule has 1 aliphatic carbocycles. The summed E-state index contributed by atoms with van der Waals surface area (Å²) in [5, 5.41) is 3.00. The van der Waals surface area contributed by atoms with Crippen molar-refractivity contribution in [2.75, 3.05) is 19.0 Å². The first-order valence-corrected chi connectivity index (χ1v) is 10.1. The van der Waals surface area contributed by atoms with Gasteiger partial charge in [0.15, 0.2) is 0 Å². The molecule has 8 heteroatoms. The number of hydrogen-bond donors (Lipinski definition) is 1. The summed E-state index contributed by atoms with van der Waals surface area (Å²) in [6.45, 7) is 4.11. The zero-order chi connectivity index (χ0) is 22.1. The number of fused-ring (bicyclic) bond motifs is 1. The lowest BCUT2D eigenvalue weighted by molar-refractivity contribution is -0.132. The van der Waals surface area contributed by atoms with Crippen molar-refractivity contribution in [1.82, 2.24) is 0 Å². The highest BCUT2D eigenvalue weighted by molar-refractivity contribution is 6.02. The average Bonchev–Trinajstić information content (AvgIpc) is 2.74. The Morgan fingerprint density at radius 1 is 1.20 bits per heavy atom. The molecule has 1 fully saturated rings. The van der Waals surface area contributed by atoms with E-state index < -0.39 is 11.7 Å². The van der Waals surface area contributed by atoms with Crippen LogP contribution in [0, 0.1) is 5.92 Å². The predicted molar refractivity (Wildman–Crippen MR) is 112 cm³/mol. The van der Waals surface area contributed by atoms with E-state index >= 15 is 0 Å². The Balaban J connectivity index is 0.00000155. The molecule has 0 radical (unpaired) electrons. The second-order valence-corrected chi connectivity index (χ2v) is 6.67. The van der Waals surface area contributed by atoms with Crippen LogP contribution in [0.4, 0.5) is 10.5 Å². The highest BCUT2D eigenvalue weighted by Gasteiger charge is 2.26. The van der Waals surface area contributed by atoms with Crippen LogP contribution < -0.4 is 15.7 Å². The van der Waals surface area contributed by atoms with Crippen LogP contribution in [0.3, 0.4) is 0 Å². The van der Waals surface area contributed by atoms with Crippen molar-refractivity contribution in [3.63, 3.8) is 0 Å². The van der Waals surface area contributed by atoms with Gasteiger partial charge in [-0.2, -0.15) is 0 Å². The Morgan fingerprint density at radius 2 is 1.97 bits per heavy atom. The largest absolute Gasteiger partial charge is 0.497 e. The van der Waals surface area contributed by atoms with Gasteiger partial charge in [-0.3, -0.25) is 14.9 Å². The number of methoxy groups -OCH3 is 1. The molecule has 1 unspecified atom stereocenters. The predicted octanol–water partition coefficient (Wildman–Crippen LogP) is 4.09. The van der Waals surface area contributed by atoms with Crippen LogP contribution in [0.15, 0.2) is 33.5 Å². The first-order chi connectivity index (χ1) is 14.5. The standard InChI is InChI=1S/C20H21NO7.C2H6/c1-26-15-7-5-13-9-16(19(24)28-18(13)11-15)21-20(25)27-8-2-3-12-4-6-14(22)10-17(12)23;1-2/h5,7,9,11-12H,2-4,6,8,10H2,1H3,(H,21,25);1-2H3. The fraction of sp³-hybridized carbons (Fsp3) is 0.455. The van der Waals surface area contributed by atoms with Crippen LogP contribution in [-0.2, 0) is 14.3 Å². The number of ketones is 2. The van der Waals surface area contributed by atoms with E-state index in [2.05, 4.69) is 5.32 Å². The molecule has 1 N–H and O–H groups in total. The van der Waals surface area contributed by atoms with Crippen LogP contribution in [0.25, 0.3) is 11.0 Å². The number of benzene rings is 1. The van der Waals surface area contributed by atoms with E-state index in [1.165, 1.54) is 13.2 Å². The van der Waals surface area contributed by atoms with Crippen LogP contribution in [0.5, 0.6) is 5.75 Å². The summed E-state index contributed by atoms with van der Waals surface area (Å²) in [5.41, 5.74) is -0.377. The highest BCUT2D eigenvalue weighted by Crippen LogP contribution is 2.23. The van der Waals surface area contributed by atoms with Crippen molar-refractivity contribution in [2.24, 2.45) is 5.92 Å². The molecule has 1 aliphatic rings. The first kappa shape index (κ1) is 23.1. The molecule has 30 heavy (non-hydrogen) atoms. The number of anilines is 1. The van der Waals surface area contributed by atoms with Crippen molar-refractivity contribution >= 4 is 34.3 Å². The normalized spacial score (nSPS) is 15.9. The third kappa shape index (κ3) is 6.17. The summed E-state index contributed by atoms with van der Waals surface area (Å²) in [6.07, 6.45) is 1.30. The van der Waals surface area contributed by atoms with Gasteiger partial charge in [0.1, 0.15) is 28.6 Å². The molecular weight excluding hydrogens is 390 g/mol. The van der Waals surface area contributed by atoms with E-state index in [0.29, 0.717) is 42.4 Å². The average molecular weight is 417 g/mol. The molecule has 0 saturated heterocycles. The molecule has 0 spiro atoms. The Hall–Kier alpha value is -3.16. The van der Waals surface area contributed by atoms with Crippen LogP contribution in [0.2, 0.25) is 0 Å². The minimum atomic E-state index is -0.773. The molecule has 0 bridgehead atoms. The van der Waals surface area contributed by atoms with Gasteiger partial charge >= 0.3 is 11.7 Å². The molecule has 1 saturated carbocycles. The van der Waals surface area contributed by atoms with E-state index in [9.17, 15) is 19.2 Å². The topological polar surface area (TPSA) is 112 Å². The fourth-order valence-electron chi connectivity index (χ4n) is 3.17. The maximum absolute atomic E-state index is 12.0. The minimum Gasteiger partial charge on any atom is -0.497 e. The van der Waals surface area contributed by atoms with Crippen molar-refractivity contribution in [3.8, 4) is 5.75 Å². The van der Waals surface area contributed by atoms with Crippen molar-refractivity contribution in [2.45, 2.75) is 46.0 Å². The van der Waals surface area contributed by atoms with Gasteiger partial charge in [-0.05, 0) is 37.5 Å². The zero-order valence-corrected chi connectivity index (χ0v) is 17.5. The first-order valence-electron chi connectivity index (χ1n) is 10.1. The summed E-state index contributed by atoms with van der Waals surface area (Å²) < 4.78 is 15.3. The summed E-state index contributed by atoms with van der Waals surface area (Å²) in [4.78, 5) is 46.9. The molecule has 8 nitrogen and oxygen atoms in total. The molecule has 1 amide bonds. The molecule has 1 atom stereocenters. The smallest absolute Gasteiger partial charge is 0.411 e. The molecule has 162 valence electrons. The van der Waals surface area contributed by atoms with Gasteiger partial charge in [0.05, 0.1) is 20.1 Å². The maximum Gasteiger partial charge on any atom is 0.411 e. The van der Waals surface area contributed by atoms with Gasteiger partial charge < -0.3 is 13.9 Å². The van der Waals surface area contributed by atoms with Gasteiger partial charge in [-0.15, -0.1) is 0 Å². The van der Waals surface area contributed by atoms with E-state index in [1.54, 1.807) is 18.2 Å². The van der Waals surface area contributed by atoms with Crippen molar-refractivity contribution < 1.29 is 28.3 Å². The summed E-state index contributed by atoms with van der Waals surface area (Å²) >= 11 is 0. The number of rotatable bonds is 6. The minimum absolute atomic E-state index is 0.00955. The lowest BCUT2D eigenvalue weighted by Gasteiger charge is -2.19. The van der Waals surface area contributed by atoms with Crippen LogP contribution in [-0.4, -0.2) is 31.4 Å². The molecule has 1 aromatic carbocycles.